The molecule has 4 rings (SSSR count). The zero-order valence-corrected chi connectivity index (χ0v) is 16.6. The second kappa shape index (κ2) is 8.20. The Kier molecular flexibility index (Phi) is 5.51. The predicted octanol–water partition coefficient (Wildman–Crippen LogP) is 5.83. The average Bonchev–Trinajstić information content (AvgIpc) is 3.42. The quantitative estimate of drug-likeness (QED) is 0.352. The third-order valence-corrected chi connectivity index (χ3v) is 6.31. The minimum atomic E-state index is -0.429. The molecule has 5 nitrogen and oxygen atoms in total. The van der Waals surface area contributed by atoms with Crippen LogP contribution in [0, 0.1) is 5.82 Å². The zero-order valence-electron chi connectivity index (χ0n) is 14.2. The molecule has 0 aliphatic rings. The molecule has 0 saturated carbocycles. The molecule has 27 heavy (non-hydrogen) atoms. The summed E-state index contributed by atoms with van der Waals surface area (Å²) in [7, 11) is 0. The number of benzene rings is 1. The molecule has 0 spiro atoms. The van der Waals surface area contributed by atoms with E-state index in [1.807, 2.05) is 16.8 Å². The summed E-state index contributed by atoms with van der Waals surface area (Å²) < 4.78 is 24.3. The van der Waals surface area contributed by atoms with Crippen LogP contribution in [0.15, 0.2) is 56.8 Å². The van der Waals surface area contributed by atoms with Crippen molar-refractivity contribution in [1.29, 1.82) is 0 Å². The van der Waals surface area contributed by atoms with E-state index in [-0.39, 0.29) is 5.82 Å². The molecule has 0 aliphatic carbocycles. The highest BCUT2D eigenvalue weighted by Crippen LogP contribution is 2.30. The van der Waals surface area contributed by atoms with Crippen molar-refractivity contribution in [2.75, 3.05) is 0 Å². The van der Waals surface area contributed by atoms with Gasteiger partial charge >= 0.3 is 0 Å². The number of ether oxygens (including phenoxy) is 1. The Balaban J connectivity index is 1.34. The summed E-state index contributed by atoms with van der Waals surface area (Å²) >= 11 is 4.74. The third-order valence-electron chi connectivity index (χ3n) is 3.52. The van der Waals surface area contributed by atoms with Gasteiger partial charge in [0.2, 0.25) is 0 Å². The van der Waals surface area contributed by atoms with Crippen molar-refractivity contribution in [3.63, 3.8) is 0 Å². The first kappa shape index (κ1) is 18.1. The molecule has 1 aromatic carbocycles. The molecule has 0 aliphatic heterocycles. The van der Waals surface area contributed by atoms with Crippen molar-refractivity contribution in [3.8, 4) is 15.6 Å². The predicted molar refractivity (Wildman–Crippen MR) is 105 cm³/mol. The number of thioether (sulfide) groups is 1. The van der Waals surface area contributed by atoms with Crippen molar-refractivity contribution >= 4 is 34.4 Å². The number of halogens is 1. The van der Waals surface area contributed by atoms with Crippen molar-refractivity contribution in [3.05, 3.63) is 64.6 Å². The molecule has 1 atom stereocenters. The fourth-order valence-corrected chi connectivity index (χ4v) is 4.63. The van der Waals surface area contributed by atoms with Gasteiger partial charge in [-0.2, -0.15) is 0 Å². The molecule has 0 N–H and O–H groups in total. The summed E-state index contributed by atoms with van der Waals surface area (Å²) in [6.07, 6.45) is -0.429. The number of aromatic nitrogens is 3. The van der Waals surface area contributed by atoms with Crippen LogP contribution in [0.3, 0.4) is 0 Å². The van der Waals surface area contributed by atoms with E-state index in [0.29, 0.717) is 22.6 Å². The average molecular weight is 420 g/mol. The molecule has 0 amide bonds. The summed E-state index contributed by atoms with van der Waals surface area (Å²) in [5.41, 5.74) is 0.976. The highest BCUT2D eigenvalue weighted by Gasteiger charge is 2.16. The van der Waals surface area contributed by atoms with Gasteiger partial charge in [0.1, 0.15) is 16.6 Å². The standard InChI is InChI=1S/C18H14FN3O2S3/c1-11(23-14-6-4-12(19)5-7-14)16-21-22-18(24-16)27-10-13-9-26-17(20-13)15-3-2-8-25-15/h2-9,11H,10H2,1H3. The van der Waals surface area contributed by atoms with E-state index in [0.717, 1.165) is 10.7 Å². The molecule has 9 heteroatoms. The Morgan fingerprint density at radius 2 is 2.04 bits per heavy atom. The van der Waals surface area contributed by atoms with Crippen LogP contribution in [0.2, 0.25) is 0 Å². The molecule has 0 saturated heterocycles. The topological polar surface area (TPSA) is 61.0 Å². The van der Waals surface area contributed by atoms with Gasteiger partial charge in [0, 0.05) is 11.1 Å². The van der Waals surface area contributed by atoms with Crippen LogP contribution in [0.5, 0.6) is 5.75 Å². The number of hydrogen-bond acceptors (Lipinski definition) is 8. The Hall–Kier alpha value is -2.23. The lowest BCUT2D eigenvalue weighted by Crippen LogP contribution is -2.03. The van der Waals surface area contributed by atoms with Gasteiger partial charge in [0.25, 0.3) is 11.1 Å². The largest absolute Gasteiger partial charge is 0.481 e. The number of thiazole rings is 1. The molecule has 1 unspecified atom stereocenters. The Morgan fingerprint density at radius 3 is 2.81 bits per heavy atom. The van der Waals surface area contributed by atoms with Gasteiger partial charge in [0.05, 0.1) is 10.6 Å². The van der Waals surface area contributed by atoms with Gasteiger partial charge in [0.15, 0.2) is 6.10 Å². The van der Waals surface area contributed by atoms with Crippen LogP contribution < -0.4 is 4.74 Å². The maximum Gasteiger partial charge on any atom is 0.277 e. The minimum Gasteiger partial charge on any atom is -0.481 e. The lowest BCUT2D eigenvalue weighted by Gasteiger charge is -2.10. The highest BCUT2D eigenvalue weighted by atomic mass is 32.2. The van der Waals surface area contributed by atoms with E-state index in [2.05, 4.69) is 21.2 Å². The summed E-state index contributed by atoms with van der Waals surface area (Å²) in [5.74, 6) is 1.26. The molecular formula is C18H14FN3O2S3. The molecule has 4 aromatic rings. The van der Waals surface area contributed by atoms with E-state index >= 15 is 0 Å². The zero-order chi connectivity index (χ0) is 18.6. The number of rotatable bonds is 7. The molecule has 3 aromatic heterocycles. The molecular weight excluding hydrogens is 405 g/mol. The Labute approximate surface area is 167 Å². The Bertz CT molecular complexity index is 999. The van der Waals surface area contributed by atoms with Crippen molar-refractivity contribution in [2.45, 2.75) is 24.0 Å². The van der Waals surface area contributed by atoms with Gasteiger partial charge < -0.3 is 9.15 Å². The van der Waals surface area contributed by atoms with Gasteiger partial charge in [-0.15, -0.1) is 32.9 Å². The molecule has 3 heterocycles. The normalized spacial score (nSPS) is 12.2. The van der Waals surface area contributed by atoms with E-state index in [1.54, 1.807) is 41.7 Å². The molecule has 0 radical (unpaired) electrons. The SMILES string of the molecule is CC(Oc1ccc(F)cc1)c1nnc(SCc2csc(-c3cccs3)n2)o1. The van der Waals surface area contributed by atoms with Gasteiger partial charge in [-0.1, -0.05) is 17.8 Å². The first-order valence-electron chi connectivity index (χ1n) is 8.04. The molecule has 0 bridgehead atoms. The van der Waals surface area contributed by atoms with Crippen LogP contribution >= 0.6 is 34.4 Å². The minimum absolute atomic E-state index is 0.309. The maximum absolute atomic E-state index is 13.0. The summed E-state index contributed by atoms with van der Waals surface area (Å²) in [4.78, 5) is 5.81. The van der Waals surface area contributed by atoms with Crippen molar-refractivity contribution in [1.82, 2.24) is 15.2 Å². The van der Waals surface area contributed by atoms with E-state index < -0.39 is 6.10 Å². The third kappa shape index (κ3) is 4.55. The number of nitrogens with zero attached hydrogens (tertiary/aromatic N) is 3. The first-order valence-corrected chi connectivity index (χ1v) is 10.8. The van der Waals surface area contributed by atoms with Gasteiger partial charge in [-0.25, -0.2) is 9.37 Å². The first-order chi connectivity index (χ1) is 13.2. The number of hydrogen-bond donors (Lipinski definition) is 0. The van der Waals surface area contributed by atoms with Crippen LogP contribution in [-0.2, 0) is 5.75 Å². The smallest absolute Gasteiger partial charge is 0.277 e. The summed E-state index contributed by atoms with van der Waals surface area (Å²) in [5, 5.41) is 13.7. The van der Waals surface area contributed by atoms with Crippen molar-refractivity contribution in [2.24, 2.45) is 0 Å². The van der Waals surface area contributed by atoms with Crippen LogP contribution in [0.1, 0.15) is 24.6 Å². The lowest BCUT2D eigenvalue weighted by molar-refractivity contribution is 0.181. The van der Waals surface area contributed by atoms with E-state index in [1.165, 1.54) is 28.8 Å². The van der Waals surface area contributed by atoms with Crippen LogP contribution in [0.4, 0.5) is 4.39 Å². The highest BCUT2D eigenvalue weighted by molar-refractivity contribution is 7.98. The summed E-state index contributed by atoms with van der Waals surface area (Å²) in [6.45, 7) is 1.80. The van der Waals surface area contributed by atoms with Gasteiger partial charge in [-0.05, 0) is 42.6 Å². The summed E-state index contributed by atoms with van der Waals surface area (Å²) in [6, 6.07) is 9.89. The number of thiophene rings is 1. The monoisotopic (exact) mass is 419 g/mol. The second-order valence-electron chi connectivity index (χ2n) is 5.53. The molecule has 0 fully saturated rings. The van der Waals surface area contributed by atoms with E-state index in [9.17, 15) is 4.39 Å². The fourth-order valence-electron chi connectivity index (χ4n) is 2.23. The second-order valence-corrected chi connectivity index (χ2v) is 8.26. The molecule has 138 valence electrons. The van der Waals surface area contributed by atoms with Crippen molar-refractivity contribution < 1.29 is 13.5 Å². The van der Waals surface area contributed by atoms with Gasteiger partial charge in [-0.3, -0.25) is 0 Å². The van der Waals surface area contributed by atoms with Crippen LogP contribution in [0.25, 0.3) is 9.88 Å². The fraction of sp³-hybridized carbons (Fsp3) is 0.167. The maximum atomic E-state index is 13.0. The Morgan fingerprint density at radius 1 is 1.19 bits per heavy atom. The lowest BCUT2D eigenvalue weighted by atomic mass is 10.3. The van der Waals surface area contributed by atoms with E-state index in [4.69, 9.17) is 9.15 Å². The van der Waals surface area contributed by atoms with Crippen LogP contribution in [-0.4, -0.2) is 15.2 Å².